The van der Waals surface area contributed by atoms with E-state index >= 15 is 0 Å². The number of halogens is 4. The molecule has 0 spiro atoms. The normalized spacial score (nSPS) is 22.1. The highest BCUT2D eigenvalue weighted by Gasteiger charge is 2.40. The van der Waals surface area contributed by atoms with Crippen LogP contribution in [0.15, 0.2) is 22.7 Å². The van der Waals surface area contributed by atoms with E-state index in [1.165, 1.54) is 0 Å². The minimum absolute atomic E-state index is 0.0385. The molecule has 0 heterocycles. The van der Waals surface area contributed by atoms with E-state index in [0.29, 0.717) is 12.0 Å². The highest BCUT2D eigenvalue weighted by molar-refractivity contribution is 14.1. The van der Waals surface area contributed by atoms with Gasteiger partial charge >= 0.3 is 0 Å². The van der Waals surface area contributed by atoms with Gasteiger partial charge in [-0.15, -0.1) is 0 Å². The van der Waals surface area contributed by atoms with Gasteiger partial charge in [0.05, 0.1) is 0 Å². The van der Waals surface area contributed by atoms with Gasteiger partial charge in [-0.25, -0.2) is 8.78 Å². The predicted molar refractivity (Wildman–Crippen MR) is 78.1 cm³/mol. The van der Waals surface area contributed by atoms with Gasteiger partial charge in [0.15, 0.2) is 5.78 Å². The molecule has 1 fully saturated rings. The van der Waals surface area contributed by atoms with Crippen molar-refractivity contribution in [2.75, 3.05) is 0 Å². The molecule has 1 aromatic carbocycles. The van der Waals surface area contributed by atoms with Gasteiger partial charge in [-0.05, 0) is 53.1 Å². The molecular formula is C13H12BrF2IO. The van der Waals surface area contributed by atoms with Crippen LogP contribution in [-0.2, 0) is 0 Å². The first-order valence-corrected chi connectivity index (χ1v) is 7.61. The van der Waals surface area contributed by atoms with Gasteiger partial charge in [-0.1, -0.05) is 15.9 Å². The third kappa shape index (κ3) is 3.50. The summed E-state index contributed by atoms with van der Waals surface area (Å²) in [4.78, 5) is 12.1. The number of alkyl halides is 2. The molecule has 1 nitrogen and oxygen atoms in total. The number of benzene rings is 1. The largest absolute Gasteiger partial charge is 0.294 e. The molecule has 1 atom stereocenters. The summed E-state index contributed by atoms with van der Waals surface area (Å²) in [6, 6.07) is 5.47. The van der Waals surface area contributed by atoms with E-state index in [2.05, 4.69) is 38.5 Å². The third-order valence-electron chi connectivity index (χ3n) is 3.21. The Morgan fingerprint density at radius 2 is 2.22 bits per heavy atom. The maximum absolute atomic E-state index is 13.1. The molecule has 5 heteroatoms. The van der Waals surface area contributed by atoms with Crippen LogP contribution in [0.4, 0.5) is 8.78 Å². The Kier molecular flexibility index (Phi) is 4.41. The summed E-state index contributed by atoms with van der Waals surface area (Å²) in [5, 5.41) is 0. The summed E-state index contributed by atoms with van der Waals surface area (Å²) in [7, 11) is 0. The topological polar surface area (TPSA) is 17.1 Å². The highest BCUT2D eigenvalue weighted by Crippen LogP contribution is 2.40. The molecule has 2 rings (SSSR count). The molecule has 0 aromatic heterocycles. The molecule has 0 radical (unpaired) electrons. The van der Waals surface area contributed by atoms with Gasteiger partial charge in [0.1, 0.15) is 0 Å². The van der Waals surface area contributed by atoms with Crippen molar-refractivity contribution < 1.29 is 13.6 Å². The molecule has 0 saturated heterocycles. The SMILES string of the molecule is O=C(CC1CCC(F)(F)C1)c1cc(Br)ccc1I. The molecular weight excluding hydrogens is 417 g/mol. The first kappa shape index (κ1) is 14.4. The van der Waals surface area contributed by atoms with Crippen LogP contribution >= 0.6 is 38.5 Å². The van der Waals surface area contributed by atoms with Crippen LogP contribution < -0.4 is 0 Å². The number of rotatable bonds is 3. The van der Waals surface area contributed by atoms with Gasteiger partial charge in [0.25, 0.3) is 0 Å². The Balaban J connectivity index is 2.06. The molecule has 0 aliphatic heterocycles. The van der Waals surface area contributed by atoms with E-state index in [0.717, 1.165) is 8.04 Å². The van der Waals surface area contributed by atoms with Crippen LogP contribution in [0.25, 0.3) is 0 Å². The molecule has 0 N–H and O–H groups in total. The summed E-state index contributed by atoms with van der Waals surface area (Å²) in [5.74, 6) is -2.79. The average Bonchev–Trinajstić information content (AvgIpc) is 2.61. The van der Waals surface area contributed by atoms with Crippen molar-refractivity contribution in [3.8, 4) is 0 Å². The minimum Gasteiger partial charge on any atom is -0.294 e. The highest BCUT2D eigenvalue weighted by atomic mass is 127. The predicted octanol–water partition coefficient (Wildman–Crippen LogP) is 5.06. The van der Waals surface area contributed by atoms with Gasteiger partial charge in [0.2, 0.25) is 5.92 Å². The average molecular weight is 429 g/mol. The van der Waals surface area contributed by atoms with Crippen molar-refractivity contribution >= 4 is 44.3 Å². The second-order valence-electron chi connectivity index (χ2n) is 4.72. The van der Waals surface area contributed by atoms with Gasteiger partial charge in [-0.2, -0.15) is 0 Å². The van der Waals surface area contributed by atoms with Gasteiger partial charge < -0.3 is 0 Å². The van der Waals surface area contributed by atoms with Crippen molar-refractivity contribution in [2.24, 2.45) is 5.92 Å². The minimum atomic E-state index is -2.57. The lowest BCUT2D eigenvalue weighted by Gasteiger charge is -2.10. The molecule has 1 aliphatic rings. The van der Waals surface area contributed by atoms with Crippen molar-refractivity contribution in [3.05, 3.63) is 31.8 Å². The smallest absolute Gasteiger partial charge is 0.248 e. The number of Topliss-reactive ketones (excluding diaryl/α,β-unsaturated/α-hetero) is 1. The summed E-state index contributed by atoms with van der Waals surface area (Å²) in [5.41, 5.74) is 0.625. The van der Waals surface area contributed by atoms with Crippen molar-refractivity contribution in [1.29, 1.82) is 0 Å². The summed E-state index contributed by atoms with van der Waals surface area (Å²) >= 11 is 5.42. The Morgan fingerprint density at radius 1 is 1.50 bits per heavy atom. The number of carbonyl (C=O) groups excluding carboxylic acids is 1. The van der Waals surface area contributed by atoms with Crippen LogP contribution in [0.5, 0.6) is 0 Å². The molecule has 1 saturated carbocycles. The molecule has 1 aromatic rings. The molecule has 1 aliphatic carbocycles. The maximum Gasteiger partial charge on any atom is 0.248 e. The van der Waals surface area contributed by atoms with Crippen LogP contribution in [0.2, 0.25) is 0 Å². The molecule has 0 bridgehead atoms. The van der Waals surface area contributed by atoms with Crippen LogP contribution in [0, 0.1) is 9.49 Å². The van der Waals surface area contributed by atoms with E-state index in [1.807, 2.05) is 12.1 Å². The first-order valence-electron chi connectivity index (χ1n) is 5.73. The number of hydrogen-bond donors (Lipinski definition) is 0. The van der Waals surface area contributed by atoms with E-state index in [1.54, 1.807) is 6.07 Å². The lowest BCUT2D eigenvalue weighted by atomic mass is 9.97. The second kappa shape index (κ2) is 5.53. The lowest BCUT2D eigenvalue weighted by Crippen LogP contribution is -2.12. The third-order valence-corrected chi connectivity index (χ3v) is 4.64. The monoisotopic (exact) mass is 428 g/mol. The van der Waals surface area contributed by atoms with Crippen LogP contribution in [0.1, 0.15) is 36.0 Å². The second-order valence-corrected chi connectivity index (χ2v) is 6.79. The van der Waals surface area contributed by atoms with Crippen LogP contribution in [0.3, 0.4) is 0 Å². The van der Waals surface area contributed by atoms with Crippen molar-refractivity contribution in [3.63, 3.8) is 0 Å². The van der Waals surface area contributed by atoms with E-state index < -0.39 is 5.92 Å². The summed E-state index contributed by atoms with van der Waals surface area (Å²) < 4.78 is 27.8. The van der Waals surface area contributed by atoms with Gasteiger partial charge in [0, 0.05) is 32.9 Å². The first-order chi connectivity index (χ1) is 8.37. The zero-order valence-electron chi connectivity index (χ0n) is 9.56. The fourth-order valence-electron chi connectivity index (χ4n) is 2.30. The van der Waals surface area contributed by atoms with E-state index in [4.69, 9.17) is 0 Å². The fraction of sp³-hybridized carbons (Fsp3) is 0.462. The van der Waals surface area contributed by atoms with Gasteiger partial charge in [-0.3, -0.25) is 4.79 Å². The lowest BCUT2D eigenvalue weighted by molar-refractivity contribution is 0.00497. The molecule has 1 unspecified atom stereocenters. The molecule has 0 amide bonds. The Bertz CT molecular complexity index is 476. The Labute approximate surface area is 127 Å². The standard InChI is InChI=1S/C13H12BrF2IO/c14-9-1-2-11(17)10(6-9)12(18)5-8-3-4-13(15,16)7-8/h1-2,6,8H,3-5,7H2. The number of hydrogen-bond acceptors (Lipinski definition) is 1. The van der Waals surface area contributed by atoms with Crippen LogP contribution in [-0.4, -0.2) is 11.7 Å². The molecule has 18 heavy (non-hydrogen) atoms. The quantitative estimate of drug-likeness (QED) is 0.485. The van der Waals surface area contributed by atoms with E-state index in [9.17, 15) is 13.6 Å². The summed E-state index contributed by atoms with van der Waals surface area (Å²) in [6.07, 6.45) is 0.440. The fourth-order valence-corrected chi connectivity index (χ4v) is 3.30. The van der Waals surface area contributed by atoms with Crippen molar-refractivity contribution in [1.82, 2.24) is 0 Å². The maximum atomic E-state index is 13.1. The zero-order chi connectivity index (χ0) is 13.3. The summed E-state index contributed by atoms with van der Waals surface area (Å²) in [6.45, 7) is 0. The van der Waals surface area contributed by atoms with E-state index in [-0.39, 0.29) is 31.0 Å². The number of ketones is 1. The molecule has 98 valence electrons. The number of carbonyl (C=O) groups is 1. The van der Waals surface area contributed by atoms with Crippen molar-refractivity contribution in [2.45, 2.75) is 31.6 Å². The Morgan fingerprint density at radius 3 is 2.83 bits per heavy atom. The Hall–Kier alpha value is -0.0400. The zero-order valence-corrected chi connectivity index (χ0v) is 13.3.